The highest BCUT2D eigenvalue weighted by Crippen LogP contribution is 2.23. The average molecular weight is 243 g/mol. The Balaban J connectivity index is 1.99. The van der Waals surface area contributed by atoms with Gasteiger partial charge in [-0.05, 0) is 30.2 Å². The Morgan fingerprint density at radius 1 is 1.00 bits per heavy atom. The molecule has 0 saturated carbocycles. The maximum atomic E-state index is 5.63. The molecule has 1 nitrogen and oxygen atoms in total. The van der Waals surface area contributed by atoms with Gasteiger partial charge in [0.2, 0.25) is 0 Å². The van der Waals surface area contributed by atoms with Gasteiger partial charge in [-0.25, -0.2) is 0 Å². The van der Waals surface area contributed by atoms with E-state index in [-0.39, 0.29) is 0 Å². The summed E-state index contributed by atoms with van der Waals surface area (Å²) in [7, 11) is 0. The van der Waals surface area contributed by atoms with Crippen molar-refractivity contribution in [2.24, 2.45) is 5.73 Å². The molecule has 2 N–H and O–H groups in total. The van der Waals surface area contributed by atoms with E-state index < -0.39 is 0 Å². The van der Waals surface area contributed by atoms with Crippen LogP contribution in [0.15, 0.2) is 53.4 Å². The fourth-order valence-electron chi connectivity index (χ4n) is 1.61. The van der Waals surface area contributed by atoms with E-state index in [2.05, 4.69) is 55.5 Å². The molecule has 0 radical (unpaired) electrons. The maximum absolute atomic E-state index is 5.63. The molecule has 0 spiro atoms. The molecule has 2 aromatic carbocycles. The monoisotopic (exact) mass is 243 g/mol. The van der Waals surface area contributed by atoms with Crippen LogP contribution in [-0.2, 0) is 12.3 Å². The van der Waals surface area contributed by atoms with Gasteiger partial charge in [-0.1, -0.05) is 42.0 Å². The normalized spacial score (nSPS) is 10.5. The van der Waals surface area contributed by atoms with E-state index in [9.17, 15) is 0 Å². The second-order valence-electron chi connectivity index (χ2n) is 4.13. The van der Waals surface area contributed by atoms with Crippen molar-refractivity contribution < 1.29 is 0 Å². The second-order valence-corrected chi connectivity index (χ2v) is 5.17. The van der Waals surface area contributed by atoms with E-state index in [1.54, 1.807) is 0 Å². The fourth-order valence-corrected chi connectivity index (χ4v) is 2.55. The topological polar surface area (TPSA) is 26.0 Å². The number of nitrogens with two attached hydrogens (primary N) is 1. The number of hydrogen-bond acceptors (Lipinski definition) is 2. The van der Waals surface area contributed by atoms with E-state index in [0.717, 1.165) is 5.75 Å². The highest BCUT2D eigenvalue weighted by Gasteiger charge is 1.97. The van der Waals surface area contributed by atoms with Crippen LogP contribution in [0.25, 0.3) is 0 Å². The van der Waals surface area contributed by atoms with Gasteiger partial charge >= 0.3 is 0 Å². The molecule has 2 heteroatoms. The average Bonchev–Trinajstić information content (AvgIpc) is 2.38. The predicted molar refractivity (Wildman–Crippen MR) is 75.1 cm³/mol. The van der Waals surface area contributed by atoms with Crippen LogP contribution in [0.5, 0.6) is 0 Å². The Kier molecular flexibility index (Phi) is 4.24. The van der Waals surface area contributed by atoms with Gasteiger partial charge in [0.05, 0.1) is 0 Å². The lowest BCUT2D eigenvalue weighted by molar-refractivity contribution is 1.06. The van der Waals surface area contributed by atoms with Crippen molar-refractivity contribution in [3.05, 3.63) is 65.2 Å². The Morgan fingerprint density at radius 2 is 1.76 bits per heavy atom. The zero-order valence-corrected chi connectivity index (χ0v) is 10.8. The van der Waals surface area contributed by atoms with Crippen LogP contribution in [0.3, 0.4) is 0 Å². The molecule has 0 amide bonds. The van der Waals surface area contributed by atoms with Crippen molar-refractivity contribution >= 4 is 11.8 Å². The summed E-state index contributed by atoms with van der Waals surface area (Å²) in [5, 5.41) is 0. The Morgan fingerprint density at radius 3 is 2.47 bits per heavy atom. The van der Waals surface area contributed by atoms with Crippen molar-refractivity contribution in [3.8, 4) is 0 Å². The number of thioether (sulfide) groups is 1. The molecule has 88 valence electrons. The first-order valence-corrected chi connectivity index (χ1v) is 6.74. The van der Waals surface area contributed by atoms with Crippen molar-refractivity contribution in [1.29, 1.82) is 0 Å². The first kappa shape index (κ1) is 12.2. The summed E-state index contributed by atoms with van der Waals surface area (Å²) in [5.74, 6) is 1.01. The summed E-state index contributed by atoms with van der Waals surface area (Å²) >= 11 is 1.85. The quantitative estimate of drug-likeness (QED) is 0.828. The molecule has 0 aliphatic carbocycles. The lowest BCUT2D eigenvalue weighted by Gasteiger charge is -2.04. The van der Waals surface area contributed by atoms with Gasteiger partial charge in [-0.2, -0.15) is 0 Å². The van der Waals surface area contributed by atoms with Gasteiger partial charge in [-0.3, -0.25) is 0 Å². The lowest BCUT2D eigenvalue weighted by Crippen LogP contribution is -1.95. The molecule has 2 aromatic rings. The van der Waals surface area contributed by atoms with Crippen molar-refractivity contribution in [3.63, 3.8) is 0 Å². The van der Waals surface area contributed by atoms with Crippen LogP contribution in [0.4, 0.5) is 0 Å². The number of benzene rings is 2. The predicted octanol–water partition coefficient (Wildman–Crippen LogP) is 3.75. The Bertz CT molecular complexity index is 477. The zero-order valence-electron chi connectivity index (χ0n) is 10.0. The van der Waals surface area contributed by atoms with Crippen LogP contribution in [0, 0.1) is 6.92 Å². The molecule has 0 unspecified atom stereocenters. The molecule has 0 heterocycles. The van der Waals surface area contributed by atoms with Gasteiger partial charge in [0.1, 0.15) is 0 Å². The van der Waals surface area contributed by atoms with E-state index in [0.29, 0.717) is 6.54 Å². The van der Waals surface area contributed by atoms with Gasteiger partial charge in [0, 0.05) is 17.2 Å². The van der Waals surface area contributed by atoms with E-state index in [1.165, 1.54) is 21.6 Å². The van der Waals surface area contributed by atoms with Gasteiger partial charge in [0.25, 0.3) is 0 Å². The molecule has 0 atom stereocenters. The number of rotatable bonds is 4. The smallest absolute Gasteiger partial charge is 0.0231 e. The summed E-state index contributed by atoms with van der Waals surface area (Å²) in [6, 6.07) is 17.1. The SMILES string of the molecule is Cc1ccc(CSc2cccc(CN)c2)cc1. The highest BCUT2D eigenvalue weighted by molar-refractivity contribution is 7.98. The number of hydrogen-bond donors (Lipinski definition) is 1. The first-order chi connectivity index (χ1) is 8.28. The third kappa shape index (κ3) is 3.62. The molecular weight excluding hydrogens is 226 g/mol. The zero-order chi connectivity index (χ0) is 12.1. The minimum absolute atomic E-state index is 0.610. The third-order valence-electron chi connectivity index (χ3n) is 2.66. The van der Waals surface area contributed by atoms with Crippen LogP contribution in [0.1, 0.15) is 16.7 Å². The first-order valence-electron chi connectivity index (χ1n) is 5.75. The molecule has 2 rings (SSSR count). The molecule has 0 aromatic heterocycles. The van der Waals surface area contributed by atoms with Crippen molar-refractivity contribution in [2.75, 3.05) is 0 Å². The fraction of sp³-hybridized carbons (Fsp3) is 0.200. The third-order valence-corrected chi connectivity index (χ3v) is 3.73. The van der Waals surface area contributed by atoms with E-state index >= 15 is 0 Å². The van der Waals surface area contributed by atoms with E-state index in [1.807, 2.05) is 11.8 Å². The molecule has 0 aliphatic heterocycles. The maximum Gasteiger partial charge on any atom is 0.0231 e. The second kappa shape index (κ2) is 5.89. The summed E-state index contributed by atoms with van der Waals surface area (Å²) < 4.78 is 0. The van der Waals surface area contributed by atoms with Gasteiger partial charge < -0.3 is 5.73 Å². The molecule has 0 saturated heterocycles. The minimum Gasteiger partial charge on any atom is -0.326 e. The van der Waals surface area contributed by atoms with Crippen LogP contribution < -0.4 is 5.73 Å². The summed E-state index contributed by atoms with van der Waals surface area (Å²) in [5.41, 5.74) is 9.50. The molecule has 0 aliphatic rings. The molecule has 0 fully saturated rings. The van der Waals surface area contributed by atoms with Crippen molar-refractivity contribution in [1.82, 2.24) is 0 Å². The van der Waals surface area contributed by atoms with Crippen molar-refractivity contribution in [2.45, 2.75) is 24.1 Å². The van der Waals surface area contributed by atoms with Crippen LogP contribution in [0.2, 0.25) is 0 Å². The van der Waals surface area contributed by atoms with Gasteiger partial charge in [0.15, 0.2) is 0 Å². The number of aryl methyl sites for hydroxylation is 1. The lowest BCUT2D eigenvalue weighted by atomic mass is 10.2. The molecule has 0 bridgehead atoms. The summed E-state index contributed by atoms with van der Waals surface area (Å²) in [6.45, 7) is 2.72. The van der Waals surface area contributed by atoms with Crippen LogP contribution in [-0.4, -0.2) is 0 Å². The largest absolute Gasteiger partial charge is 0.326 e. The molecular formula is C15H17NS. The summed E-state index contributed by atoms with van der Waals surface area (Å²) in [4.78, 5) is 1.29. The Hall–Kier alpha value is -1.25. The van der Waals surface area contributed by atoms with Gasteiger partial charge in [-0.15, -0.1) is 11.8 Å². The summed E-state index contributed by atoms with van der Waals surface area (Å²) in [6.07, 6.45) is 0. The molecule has 17 heavy (non-hydrogen) atoms. The Labute approximate surface area is 107 Å². The minimum atomic E-state index is 0.610. The van der Waals surface area contributed by atoms with Crippen LogP contribution >= 0.6 is 11.8 Å². The highest BCUT2D eigenvalue weighted by atomic mass is 32.2. The standard InChI is InChI=1S/C15H17NS/c1-12-5-7-13(8-6-12)11-17-15-4-2-3-14(9-15)10-16/h2-9H,10-11,16H2,1H3. The van der Waals surface area contributed by atoms with E-state index in [4.69, 9.17) is 5.73 Å².